The van der Waals surface area contributed by atoms with Crippen molar-refractivity contribution in [1.29, 1.82) is 0 Å². The van der Waals surface area contributed by atoms with Crippen LogP contribution in [0.15, 0.2) is 67.1 Å². The summed E-state index contributed by atoms with van der Waals surface area (Å²) in [6.07, 6.45) is 3.27. The number of fused-ring (bicyclic) bond motifs is 2. The fraction of sp³-hybridized carbons (Fsp3) is 0.167. The topological polar surface area (TPSA) is 72.1 Å². The minimum Gasteiger partial charge on any atom is -0.465 e. The second-order valence-electron chi connectivity index (χ2n) is 7.12. The van der Waals surface area contributed by atoms with E-state index >= 15 is 0 Å². The molecule has 0 aliphatic carbocycles. The van der Waals surface area contributed by atoms with Gasteiger partial charge in [-0.2, -0.15) is 0 Å². The SMILES string of the molecule is CCOC(C)Oc1ccc(-c2cc3ncnc(Nc4ccc5[nH]ccc5c4)c3s2)cc1. The van der Waals surface area contributed by atoms with E-state index in [1.54, 1.807) is 17.7 Å². The van der Waals surface area contributed by atoms with Gasteiger partial charge in [-0.25, -0.2) is 9.97 Å². The Morgan fingerprint density at radius 3 is 2.77 bits per heavy atom. The average molecular weight is 431 g/mol. The predicted octanol–water partition coefficient (Wildman–Crippen LogP) is 6.34. The summed E-state index contributed by atoms with van der Waals surface area (Å²) < 4.78 is 12.2. The molecule has 0 saturated heterocycles. The van der Waals surface area contributed by atoms with E-state index in [0.717, 1.165) is 48.8 Å². The van der Waals surface area contributed by atoms with Crippen molar-refractivity contribution >= 4 is 44.0 Å². The molecule has 1 atom stereocenters. The van der Waals surface area contributed by atoms with Crippen LogP contribution in [0.4, 0.5) is 11.5 Å². The smallest absolute Gasteiger partial charge is 0.196 e. The van der Waals surface area contributed by atoms with Crippen molar-refractivity contribution in [2.45, 2.75) is 20.1 Å². The number of ether oxygens (including phenoxy) is 2. The summed E-state index contributed by atoms with van der Waals surface area (Å²) in [6, 6.07) is 18.4. The molecule has 6 nitrogen and oxygen atoms in total. The Labute approximate surface area is 183 Å². The van der Waals surface area contributed by atoms with Gasteiger partial charge in [0.05, 0.1) is 10.2 Å². The molecule has 0 aliphatic heterocycles. The van der Waals surface area contributed by atoms with Gasteiger partial charge in [-0.1, -0.05) is 0 Å². The first kappa shape index (κ1) is 19.5. The lowest BCUT2D eigenvalue weighted by Gasteiger charge is -2.14. The average Bonchev–Trinajstić information content (AvgIpc) is 3.41. The normalized spacial score (nSPS) is 12.3. The number of benzene rings is 2. The zero-order valence-corrected chi connectivity index (χ0v) is 18.1. The van der Waals surface area contributed by atoms with Crippen molar-refractivity contribution in [1.82, 2.24) is 15.0 Å². The van der Waals surface area contributed by atoms with Crippen LogP contribution in [0.5, 0.6) is 5.75 Å². The zero-order chi connectivity index (χ0) is 21.2. The van der Waals surface area contributed by atoms with Crippen LogP contribution < -0.4 is 10.1 Å². The molecule has 5 rings (SSSR count). The number of hydrogen-bond acceptors (Lipinski definition) is 6. The second-order valence-corrected chi connectivity index (χ2v) is 8.17. The summed E-state index contributed by atoms with van der Waals surface area (Å²) >= 11 is 1.67. The molecule has 2 N–H and O–H groups in total. The zero-order valence-electron chi connectivity index (χ0n) is 17.3. The lowest BCUT2D eigenvalue weighted by molar-refractivity contribution is -0.0613. The molecule has 0 aliphatic rings. The number of nitrogens with one attached hydrogen (secondary N) is 2. The third-order valence-corrected chi connectivity index (χ3v) is 6.15. The van der Waals surface area contributed by atoms with Crippen LogP contribution in [0.3, 0.4) is 0 Å². The molecular formula is C24H22N4O2S. The standard InChI is InChI=1S/C24H22N4O2S/c1-3-29-15(2)30-19-7-4-16(5-8-19)22-13-21-23(31-22)24(27-14-26-21)28-18-6-9-20-17(12-18)10-11-25-20/h4-15,25H,3H2,1-2H3,(H,26,27,28). The third-order valence-electron chi connectivity index (χ3n) is 4.97. The van der Waals surface area contributed by atoms with Crippen LogP contribution in [-0.4, -0.2) is 27.8 Å². The molecule has 0 bridgehead atoms. The molecule has 0 saturated carbocycles. The van der Waals surface area contributed by atoms with Gasteiger partial charge in [-0.15, -0.1) is 11.3 Å². The van der Waals surface area contributed by atoms with Crippen LogP contribution in [0, 0.1) is 0 Å². The van der Waals surface area contributed by atoms with Gasteiger partial charge in [-0.3, -0.25) is 0 Å². The number of thiophene rings is 1. The molecule has 5 aromatic rings. The first-order chi connectivity index (χ1) is 15.2. The molecular weight excluding hydrogens is 408 g/mol. The van der Waals surface area contributed by atoms with E-state index in [1.807, 2.05) is 38.2 Å². The van der Waals surface area contributed by atoms with E-state index in [-0.39, 0.29) is 6.29 Å². The van der Waals surface area contributed by atoms with Crippen LogP contribution in [0.25, 0.3) is 31.6 Å². The lowest BCUT2D eigenvalue weighted by atomic mass is 10.2. The van der Waals surface area contributed by atoms with Crippen molar-refractivity contribution in [2.75, 3.05) is 11.9 Å². The van der Waals surface area contributed by atoms with Gasteiger partial charge in [0.25, 0.3) is 0 Å². The number of rotatable bonds is 7. The molecule has 31 heavy (non-hydrogen) atoms. The molecule has 3 heterocycles. The molecule has 0 spiro atoms. The van der Waals surface area contributed by atoms with E-state index in [0.29, 0.717) is 6.61 Å². The Morgan fingerprint density at radius 1 is 1.06 bits per heavy atom. The monoisotopic (exact) mass is 430 g/mol. The summed E-state index contributed by atoms with van der Waals surface area (Å²) in [4.78, 5) is 13.3. The van der Waals surface area contributed by atoms with Crippen LogP contribution in [-0.2, 0) is 4.74 Å². The van der Waals surface area contributed by atoms with Gasteiger partial charge in [-0.05, 0) is 74.0 Å². The molecule has 2 aromatic carbocycles. The van der Waals surface area contributed by atoms with Crippen molar-refractivity contribution in [3.05, 3.63) is 67.1 Å². The van der Waals surface area contributed by atoms with Gasteiger partial charge >= 0.3 is 0 Å². The first-order valence-corrected chi connectivity index (χ1v) is 11.0. The first-order valence-electron chi connectivity index (χ1n) is 10.2. The summed E-state index contributed by atoms with van der Waals surface area (Å²) in [5.41, 5.74) is 4.14. The van der Waals surface area contributed by atoms with Crippen molar-refractivity contribution in [3.8, 4) is 16.2 Å². The van der Waals surface area contributed by atoms with Crippen LogP contribution >= 0.6 is 11.3 Å². The number of hydrogen-bond donors (Lipinski definition) is 2. The van der Waals surface area contributed by atoms with Gasteiger partial charge < -0.3 is 19.8 Å². The van der Waals surface area contributed by atoms with Crippen LogP contribution in [0.2, 0.25) is 0 Å². The minimum atomic E-state index is -0.269. The summed E-state index contributed by atoms with van der Waals surface area (Å²) in [6.45, 7) is 4.47. The maximum absolute atomic E-state index is 5.76. The maximum atomic E-state index is 5.76. The number of aromatic nitrogens is 3. The Morgan fingerprint density at radius 2 is 1.94 bits per heavy atom. The Hall–Kier alpha value is -3.42. The number of H-pyrrole nitrogens is 1. The number of anilines is 2. The van der Waals surface area contributed by atoms with E-state index in [2.05, 4.69) is 56.7 Å². The Bertz CT molecular complexity index is 1330. The highest BCUT2D eigenvalue weighted by Crippen LogP contribution is 2.37. The Balaban J connectivity index is 1.41. The second kappa shape index (κ2) is 8.37. The number of aromatic amines is 1. The maximum Gasteiger partial charge on any atom is 0.196 e. The molecule has 0 radical (unpaired) electrons. The molecule has 0 amide bonds. The highest BCUT2D eigenvalue weighted by molar-refractivity contribution is 7.22. The summed E-state index contributed by atoms with van der Waals surface area (Å²) in [7, 11) is 0. The van der Waals surface area contributed by atoms with Crippen LogP contribution in [0.1, 0.15) is 13.8 Å². The van der Waals surface area contributed by atoms with Gasteiger partial charge in [0.2, 0.25) is 0 Å². The van der Waals surface area contributed by atoms with Crippen molar-refractivity contribution < 1.29 is 9.47 Å². The quantitative estimate of drug-likeness (QED) is 0.295. The van der Waals surface area contributed by atoms with Gasteiger partial charge in [0.15, 0.2) is 12.1 Å². The van der Waals surface area contributed by atoms with E-state index in [9.17, 15) is 0 Å². The molecule has 1 unspecified atom stereocenters. The van der Waals surface area contributed by atoms with E-state index < -0.39 is 0 Å². The van der Waals surface area contributed by atoms with Gasteiger partial charge in [0, 0.05) is 34.3 Å². The summed E-state index contributed by atoms with van der Waals surface area (Å²) in [5, 5.41) is 4.60. The fourth-order valence-corrected chi connectivity index (χ4v) is 4.57. The highest BCUT2D eigenvalue weighted by atomic mass is 32.1. The lowest BCUT2D eigenvalue weighted by Crippen LogP contribution is -2.15. The number of nitrogens with zero attached hydrogens (tertiary/aromatic N) is 2. The van der Waals surface area contributed by atoms with Crippen molar-refractivity contribution in [3.63, 3.8) is 0 Å². The minimum absolute atomic E-state index is 0.269. The molecule has 3 aromatic heterocycles. The van der Waals surface area contributed by atoms with Gasteiger partial charge in [0.1, 0.15) is 12.1 Å². The van der Waals surface area contributed by atoms with E-state index in [1.165, 1.54) is 0 Å². The molecule has 0 fully saturated rings. The molecule has 7 heteroatoms. The third kappa shape index (κ3) is 4.10. The summed E-state index contributed by atoms with van der Waals surface area (Å²) in [5.74, 6) is 1.59. The Kier molecular flexibility index (Phi) is 5.28. The van der Waals surface area contributed by atoms with E-state index in [4.69, 9.17) is 9.47 Å². The largest absolute Gasteiger partial charge is 0.465 e. The fourth-order valence-electron chi connectivity index (χ4n) is 3.51. The van der Waals surface area contributed by atoms with Crippen molar-refractivity contribution in [2.24, 2.45) is 0 Å². The highest BCUT2D eigenvalue weighted by Gasteiger charge is 2.12. The predicted molar refractivity (Wildman–Crippen MR) is 126 cm³/mol. The molecule has 156 valence electrons.